The molecule has 2 aromatic carbocycles. The standard InChI is InChI=1S/C27H35FN4O2S/c1-18(2)31(19(3)4)14-15-32-26(34)23-12-7-8-13-24(23)29-27(32)35-20(5)25(33)30(6)17-21-10-9-11-22(28)16-21/h7-13,16,18-20H,14-15,17H2,1-6H3/t20-/m1/s1. The molecule has 1 amide bonds. The van der Waals surface area contributed by atoms with Crippen molar-refractivity contribution in [2.75, 3.05) is 13.6 Å². The molecule has 6 nitrogen and oxygen atoms in total. The van der Waals surface area contributed by atoms with Crippen molar-refractivity contribution >= 4 is 28.6 Å². The first kappa shape index (κ1) is 26.9. The van der Waals surface area contributed by atoms with Gasteiger partial charge in [-0.3, -0.25) is 19.1 Å². The summed E-state index contributed by atoms with van der Waals surface area (Å²) in [6, 6.07) is 14.2. The van der Waals surface area contributed by atoms with Gasteiger partial charge in [-0.2, -0.15) is 0 Å². The van der Waals surface area contributed by atoms with E-state index in [0.29, 0.717) is 47.8 Å². The molecule has 0 radical (unpaired) electrons. The second-order valence-corrected chi connectivity index (χ2v) is 10.7. The van der Waals surface area contributed by atoms with Crippen molar-refractivity contribution in [1.29, 1.82) is 0 Å². The van der Waals surface area contributed by atoms with E-state index < -0.39 is 5.25 Å². The topological polar surface area (TPSA) is 58.4 Å². The number of para-hydroxylation sites is 1. The molecule has 0 saturated heterocycles. The number of hydrogen-bond donors (Lipinski definition) is 0. The number of carbonyl (C=O) groups is 1. The van der Waals surface area contributed by atoms with Crippen molar-refractivity contribution in [1.82, 2.24) is 19.4 Å². The van der Waals surface area contributed by atoms with Crippen molar-refractivity contribution in [3.63, 3.8) is 0 Å². The molecule has 0 aliphatic rings. The van der Waals surface area contributed by atoms with Crippen LogP contribution in [-0.4, -0.2) is 56.2 Å². The molecule has 0 saturated carbocycles. The summed E-state index contributed by atoms with van der Waals surface area (Å²) in [7, 11) is 1.70. The van der Waals surface area contributed by atoms with Crippen LogP contribution >= 0.6 is 11.8 Å². The van der Waals surface area contributed by atoms with Crippen molar-refractivity contribution < 1.29 is 9.18 Å². The average Bonchev–Trinajstić information content (AvgIpc) is 2.80. The largest absolute Gasteiger partial charge is 0.340 e. The van der Waals surface area contributed by atoms with E-state index in [4.69, 9.17) is 4.98 Å². The number of halogens is 1. The van der Waals surface area contributed by atoms with Crippen LogP contribution in [0, 0.1) is 5.82 Å². The van der Waals surface area contributed by atoms with Crippen LogP contribution in [0.15, 0.2) is 58.5 Å². The summed E-state index contributed by atoms with van der Waals surface area (Å²) < 4.78 is 15.2. The monoisotopic (exact) mass is 498 g/mol. The molecule has 0 spiro atoms. The Morgan fingerprint density at radius 2 is 1.74 bits per heavy atom. The molecule has 188 valence electrons. The smallest absolute Gasteiger partial charge is 0.262 e. The summed E-state index contributed by atoms with van der Waals surface area (Å²) >= 11 is 1.29. The molecule has 1 heterocycles. The van der Waals surface area contributed by atoms with Gasteiger partial charge in [0, 0.05) is 38.8 Å². The molecule has 0 N–H and O–H groups in total. The first-order valence-electron chi connectivity index (χ1n) is 12.0. The first-order valence-corrected chi connectivity index (χ1v) is 12.9. The molecule has 0 fully saturated rings. The highest BCUT2D eigenvalue weighted by Gasteiger charge is 2.23. The number of hydrogen-bond acceptors (Lipinski definition) is 5. The Morgan fingerprint density at radius 1 is 1.06 bits per heavy atom. The SMILES string of the molecule is CC(C)N(CCn1c(S[C@H](C)C(=O)N(C)Cc2cccc(F)c2)nc2ccccc2c1=O)C(C)C. The fraction of sp³-hybridized carbons (Fsp3) is 0.444. The van der Waals surface area contributed by atoms with Gasteiger partial charge >= 0.3 is 0 Å². The lowest BCUT2D eigenvalue weighted by molar-refractivity contribution is -0.129. The summed E-state index contributed by atoms with van der Waals surface area (Å²) in [5, 5.41) is 0.625. The molecule has 3 aromatic rings. The number of nitrogens with zero attached hydrogens (tertiary/aromatic N) is 4. The Labute approximate surface area is 211 Å². The Hall–Kier alpha value is -2.71. The summed E-state index contributed by atoms with van der Waals surface area (Å²) in [6.45, 7) is 11.9. The average molecular weight is 499 g/mol. The van der Waals surface area contributed by atoms with Gasteiger partial charge in [0.2, 0.25) is 5.91 Å². The first-order chi connectivity index (χ1) is 16.6. The molecule has 3 rings (SSSR count). The van der Waals surface area contributed by atoms with Crippen LogP contribution < -0.4 is 5.56 Å². The molecular formula is C27H35FN4O2S. The van der Waals surface area contributed by atoms with Gasteiger partial charge in [0.05, 0.1) is 16.2 Å². The van der Waals surface area contributed by atoms with Gasteiger partial charge in [0.25, 0.3) is 5.56 Å². The van der Waals surface area contributed by atoms with E-state index in [1.165, 1.54) is 23.9 Å². The maximum atomic E-state index is 13.6. The lowest BCUT2D eigenvalue weighted by atomic mass is 10.2. The summed E-state index contributed by atoms with van der Waals surface area (Å²) in [5.74, 6) is -0.439. The molecule has 0 bridgehead atoms. The summed E-state index contributed by atoms with van der Waals surface area (Å²) in [6.07, 6.45) is 0. The van der Waals surface area contributed by atoms with Gasteiger partial charge in [0.15, 0.2) is 5.16 Å². The van der Waals surface area contributed by atoms with Gasteiger partial charge in [-0.05, 0) is 64.4 Å². The lowest BCUT2D eigenvalue weighted by Gasteiger charge is -2.31. The number of thioether (sulfide) groups is 1. The molecule has 0 aliphatic heterocycles. The van der Waals surface area contributed by atoms with E-state index in [1.807, 2.05) is 25.1 Å². The Balaban J connectivity index is 1.86. The molecule has 1 atom stereocenters. The van der Waals surface area contributed by atoms with Gasteiger partial charge in [-0.15, -0.1) is 0 Å². The fourth-order valence-corrected chi connectivity index (χ4v) is 5.32. The van der Waals surface area contributed by atoms with E-state index in [9.17, 15) is 14.0 Å². The third-order valence-electron chi connectivity index (χ3n) is 6.05. The second-order valence-electron chi connectivity index (χ2n) is 9.38. The van der Waals surface area contributed by atoms with Crippen molar-refractivity contribution in [3.8, 4) is 0 Å². The fourth-order valence-electron chi connectivity index (χ4n) is 4.27. The van der Waals surface area contributed by atoms with E-state index in [-0.39, 0.29) is 17.3 Å². The molecule has 0 unspecified atom stereocenters. The quantitative estimate of drug-likeness (QED) is 0.297. The minimum absolute atomic E-state index is 0.0988. The Kier molecular flexibility index (Phi) is 9.08. The maximum absolute atomic E-state index is 13.6. The summed E-state index contributed by atoms with van der Waals surface area (Å²) in [4.78, 5) is 35.2. The zero-order chi connectivity index (χ0) is 25.7. The summed E-state index contributed by atoms with van der Waals surface area (Å²) in [5.41, 5.74) is 1.24. The van der Waals surface area contributed by atoms with Crippen LogP contribution in [0.25, 0.3) is 10.9 Å². The maximum Gasteiger partial charge on any atom is 0.262 e. The Morgan fingerprint density at radius 3 is 2.40 bits per heavy atom. The second kappa shape index (κ2) is 11.8. The van der Waals surface area contributed by atoms with Gasteiger partial charge in [0.1, 0.15) is 5.82 Å². The number of aromatic nitrogens is 2. The predicted molar refractivity (Wildman–Crippen MR) is 141 cm³/mol. The number of rotatable bonds is 10. The number of carbonyl (C=O) groups excluding carboxylic acids is 1. The molecule has 8 heteroatoms. The number of benzene rings is 2. The van der Waals surface area contributed by atoms with Crippen LogP contribution in [-0.2, 0) is 17.9 Å². The highest BCUT2D eigenvalue weighted by molar-refractivity contribution is 8.00. The van der Waals surface area contributed by atoms with Crippen LogP contribution in [0.2, 0.25) is 0 Å². The zero-order valence-corrected chi connectivity index (χ0v) is 22.2. The lowest BCUT2D eigenvalue weighted by Crippen LogP contribution is -2.41. The van der Waals surface area contributed by atoms with E-state index >= 15 is 0 Å². The molecule has 35 heavy (non-hydrogen) atoms. The van der Waals surface area contributed by atoms with Crippen LogP contribution in [0.4, 0.5) is 4.39 Å². The highest BCUT2D eigenvalue weighted by Crippen LogP contribution is 2.24. The van der Waals surface area contributed by atoms with Crippen LogP contribution in [0.3, 0.4) is 0 Å². The number of fused-ring (bicyclic) bond motifs is 1. The zero-order valence-electron chi connectivity index (χ0n) is 21.4. The van der Waals surface area contributed by atoms with Crippen molar-refractivity contribution in [2.45, 2.75) is 70.2 Å². The van der Waals surface area contributed by atoms with Gasteiger partial charge in [-0.25, -0.2) is 9.37 Å². The normalized spacial score (nSPS) is 12.6. The van der Waals surface area contributed by atoms with Crippen molar-refractivity contribution in [2.24, 2.45) is 0 Å². The van der Waals surface area contributed by atoms with Crippen molar-refractivity contribution in [3.05, 3.63) is 70.3 Å². The third-order valence-corrected chi connectivity index (χ3v) is 7.13. The van der Waals surface area contributed by atoms with Gasteiger partial charge in [-0.1, -0.05) is 36.0 Å². The highest BCUT2D eigenvalue weighted by atomic mass is 32.2. The van der Waals surface area contributed by atoms with Crippen LogP contribution in [0.5, 0.6) is 0 Å². The number of amides is 1. The minimum Gasteiger partial charge on any atom is -0.340 e. The van der Waals surface area contributed by atoms with Crippen LogP contribution in [0.1, 0.15) is 40.2 Å². The Bertz CT molecular complexity index is 1220. The minimum atomic E-state index is -0.473. The van der Waals surface area contributed by atoms with Gasteiger partial charge < -0.3 is 4.90 Å². The predicted octanol–water partition coefficient (Wildman–Crippen LogP) is 4.79. The molecule has 1 aromatic heterocycles. The molecular weight excluding hydrogens is 463 g/mol. The third kappa shape index (κ3) is 6.70. The van der Waals surface area contributed by atoms with E-state index in [2.05, 4.69) is 32.6 Å². The molecule has 0 aliphatic carbocycles. The van der Waals surface area contributed by atoms with E-state index in [0.717, 1.165) is 5.56 Å². The van der Waals surface area contributed by atoms with E-state index in [1.54, 1.807) is 34.7 Å².